The third-order valence-electron chi connectivity index (χ3n) is 3.79. The number of carbonyl (C=O) groups is 1. The molecule has 0 aliphatic carbocycles. The van der Waals surface area contributed by atoms with E-state index < -0.39 is 27.7 Å². The van der Waals surface area contributed by atoms with E-state index in [0.29, 0.717) is 16.5 Å². The van der Waals surface area contributed by atoms with Crippen LogP contribution in [0.5, 0.6) is 11.5 Å². The normalized spacial score (nSPS) is 12.0. The number of hydrogen-bond donors (Lipinski definition) is 1. The molecule has 0 unspecified atom stereocenters. The lowest BCUT2D eigenvalue weighted by atomic mass is 10.1. The topological polar surface area (TPSA) is 72.5 Å². The summed E-state index contributed by atoms with van der Waals surface area (Å²) in [4.78, 5) is 12.0. The van der Waals surface area contributed by atoms with Crippen LogP contribution >= 0.6 is 0 Å². The van der Waals surface area contributed by atoms with Crippen molar-refractivity contribution in [3.8, 4) is 11.5 Å². The molecule has 9 heteroatoms. The molecule has 146 valence electrons. The van der Waals surface area contributed by atoms with Crippen LogP contribution in [0.2, 0.25) is 0 Å². The summed E-state index contributed by atoms with van der Waals surface area (Å²) in [6.07, 6.45) is -3.55. The van der Waals surface area contributed by atoms with E-state index in [0.717, 1.165) is 18.4 Å². The number of halogens is 3. The van der Waals surface area contributed by atoms with Crippen LogP contribution in [-0.4, -0.2) is 20.6 Å². The second-order valence-electron chi connectivity index (χ2n) is 6.02. The van der Waals surface area contributed by atoms with Crippen LogP contribution in [0.1, 0.15) is 15.9 Å². The highest BCUT2D eigenvalue weighted by Crippen LogP contribution is 2.33. The molecule has 0 spiro atoms. The van der Waals surface area contributed by atoms with Gasteiger partial charge in [0.2, 0.25) is 10.0 Å². The van der Waals surface area contributed by atoms with E-state index in [1.54, 1.807) is 24.3 Å². The number of carbonyl (C=O) groups excluding carboxylic acids is 1. The van der Waals surface area contributed by atoms with E-state index in [2.05, 4.69) is 0 Å². The first-order valence-electron chi connectivity index (χ1n) is 7.93. The minimum atomic E-state index is -4.43. The molecule has 3 rings (SSSR count). The van der Waals surface area contributed by atoms with Crippen LogP contribution in [0.4, 0.5) is 13.2 Å². The number of ether oxygens (including phenoxy) is 1. The van der Waals surface area contributed by atoms with Crippen molar-refractivity contribution in [3.63, 3.8) is 0 Å². The number of amides is 1. The van der Waals surface area contributed by atoms with Crippen LogP contribution in [0.3, 0.4) is 0 Å². The smallest absolute Gasteiger partial charge is 0.416 e. The first-order valence-corrected chi connectivity index (χ1v) is 9.82. The number of benzene rings is 3. The molecule has 5 nitrogen and oxygen atoms in total. The quantitative estimate of drug-likeness (QED) is 0.696. The van der Waals surface area contributed by atoms with E-state index in [4.69, 9.17) is 4.74 Å². The fourth-order valence-electron chi connectivity index (χ4n) is 2.55. The molecular weight excluding hydrogens is 395 g/mol. The van der Waals surface area contributed by atoms with Gasteiger partial charge in [0.05, 0.1) is 11.8 Å². The highest BCUT2D eigenvalue weighted by Gasteiger charge is 2.30. The lowest BCUT2D eigenvalue weighted by Crippen LogP contribution is -2.29. The largest absolute Gasteiger partial charge is 0.457 e. The Hall–Kier alpha value is -3.07. The van der Waals surface area contributed by atoms with Gasteiger partial charge in [-0.05, 0) is 53.9 Å². The van der Waals surface area contributed by atoms with Gasteiger partial charge in [-0.1, -0.05) is 12.1 Å². The first kappa shape index (κ1) is 19.7. The van der Waals surface area contributed by atoms with Gasteiger partial charge in [-0.15, -0.1) is 0 Å². The zero-order chi connectivity index (χ0) is 20.5. The fourth-order valence-corrected chi connectivity index (χ4v) is 3.01. The summed E-state index contributed by atoms with van der Waals surface area (Å²) >= 11 is 0. The predicted octanol–water partition coefficient (Wildman–Crippen LogP) is 4.34. The van der Waals surface area contributed by atoms with Gasteiger partial charge in [0.25, 0.3) is 5.91 Å². The monoisotopic (exact) mass is 409 g/mol. The molecular formula is C19H14F3NO4S. The minimum absolute atomic E-state index is 0.143. The molecule has 0 aliphatic rings. The third-order valence-corrected chi connectivity index (χ3v) is 4.35. The Kier molecular flexibility index (Phi) is 5.03. The molecule has 0 saturated heterocycles. The van der Waals surface area contributed by atoms with Crippen molar-refractivity contribution < 1.29 is 31.1 Å². The fraction of sp³-hybridized carbons (Fsp3) is 0.105. The molecule has 0 bridgehead atoms. The van der Waals surface area contributed by atoms with Crippen molar-refractivity contribution in [3.05, 3.63) is 71.8 Å². The summed E-state index contributed by atoms with van der Waals surface area (Å²) in [5, 5.41) is 1.21. The summed E-state index contributed by atoms with van der Waals surface area (Å²) in [7, 11) is -3.69. The van der Waals surface area contributed by atoms with Gasteiger partial charge in [-0.2, -0.15) is 13.2 Å². The Balaban J connectivity index is 1.90. The van der Waals surface area contributed by atoms with Crippen LogP contribution in [0.15, 0.2) is 60.7 Å². The van der Waals surface area contributed by atoms with Gasteiger partial charge < -0.3 is 4.74 Å². The zero-order valence-corrected chi connectivity index (χ0v) is 15.3. The van der Waals surface area contributed by atoms with E-state index in [-0.39, 0.29) is 11.3 Å². The molecule has 3 aromatic carbocycles. The number of sulfonamides is 1. The molecule has 1 N–H and O–H groups in total. The van der Waals surface area contributed by atoms with Crippen LogP contribution in [0, 0.1) is 0 Å². The van der Waals surface area contributed by atoms with Crippen molar-refractivity contribution in [2.75, 3.05) is 6.26 Å². The van der Waals surface area contributed by atoms with Gasteiger partial charge in [-0.25, -0.2) is 13.1 Å². The summed E-state index contributed by atoms with van der Waals surface area (Å²) < 4.78 is 67.9. The zero-order valence-electron chi connectivity index (χ0n) is 14.4. The summed E-state index contributed by atoms with van der Waals surface area (Å²) in [5.74, 6) is -0.162. The maximum Gasteiger partial charge on any atom is 0.416 e. The summed E-state index contributed by atoms with van der Waals surface area (Å²) in [5.41, 5.74) is -0.635. The Morgan fingerprint density at radius 1 is 1.00 bits per heavy atom. The van der Waals surface area contributed by atoms with Crippen molar-refractivity contribution in [1.82, 2.24) is 4.72 Å². The Morgan fingerprint density at radius 2 is 1.68 bits per heavy atom. The lowest BCUT2D eigenvalue weighted by molar-refractivity contribution is -0.137. The Morgan fingerprint density at radius 3 is 2.29 bits per heavy atom. The second kappa shape index (κ2) is 7.16. The van der Waals surface area contributed by atoms with Crippen molar-refractivity contribution in [2.45, 2.75) is 6.18 Å². The minimum Gasteiger partial charge on any atom is -0.457 e. The van der Waals surface area contributed by atoms with Gasteiger partial charge in [0.15, 0.2) is 0 Å². The average molecular weight is 409 g/mol. The predicted molar refractivity (Wildman–Crippen MR) is 97.8 cm³/mol. The SMILES string of the molecule is CS(=O)(=O)NC(=O)c1ccc2c(Oc3ccc(C(F)(F)F)cc3)cccc2c1. The second-order valence-corrected chi connectivity index (χ2v) is 7.77. The van der Waals surface area contributed by atoms with E-state index in [9.17, 15) is 26.4 Å². The van der Waals surface area contributed by atoms with E-state index in [1.807, 2.05) is 4.72 Å². The van der Waals surface area contributed by atoms with Gasteiger partial charge >= 0.3 is 6.18 Å². The standard InChI is InChI=1S/C19H14F3NO4S/c1-28(25,26)23-18(24)13-5-10-16-12(11-13)3-2-4-17(16)27-15-8-6-14(7-9-15)19(20,21)22/h2-11H,1H3,(H,23,24). The number of rotatable bonds is 4. The third kappa shape index (κ3) is 4.61. The van der Waals surface area contributed by atoms with E-state index >= 15 is 0 Å². The van der Waals surface area contributed by atoms with Gasteiger partial charge in [0, 0.05) is 10.9 Å². The van der Waals surface area contributed by atoms with Crippen molar-refractivity contribution in [2.24, 2.45) is 0 Å². The molecule has 28 heavy (non-hydrogen) atoms. The van der Waals surface area contributed by atoms with Crippen molar-refractivity contribution in [1.29, 1.82) is 0 Å². The molecule has 3 aromatic rings. The molecule has 0 atom stereocenters. The van der Waals surface area contributed by atoms with Crippen molar-refractivity contribution >= 4 is 26.7 Å². The summed E-state index contributed by atoms with van der Waals surface area (Å²) in [6.45, 7) is 0. The molecule has 0 radical (unpaired) electrons. The van der Waals surface area contributed by atoms with Crippen LogP contribution in [0.25, 0.3) is 10.8 Å². The Bertz CT molecular complexity index is 1140. The highest BCUT2D eigenvalue weighted by molar-refractivity contribution is 7.89. The molecule has 0 saturated carbocycles. The maximum atomic E-state index is 12.6. The van der Waals surface area contributed by atoms with Crippen LogP contribution < -0.4 is 9.46 Å². The van der Waals surface area contributed by atoms with E-state index in [1.165, 1.54) is 24.3 Å². The lowest BCUT2D eigenvalue weighted by Gasteiger charge is -2.11. The average Bonchev–Trinajstić information content (AvgIpc) is 2.60. The summed E-state index contributed by atoms with van der Waals surface area (Å²) in [6, 6.07) is 13.8. The Labute approximate surface area is 158 Å². The maximum absolute atomic E-state index is 12.6. The molecule has 0 heterocycles. The molecule has 0 aliphatic heterocycles. The number of alkyl halides is 3. The number of fused-ring (bicyclic) bond motifs is 1. The highest BCUT2D eigenvalue weighted by atomic mass is 32.2. The molecule has 0 aromatic heterocycles. The number of hydrogen-bond acceptors (Lipinski definition) is 4. The van der Waals surface area contributed by atoms with Gasteiger partial charge in [0.1, 0.15) is 11.5 Å². The molecule has 0 fully saturated rings. The molecule has 1 amide bonds. The number of nitrogens with one attached hydrogen (secondary N) is 1. The first-order chi connectivity index (χ1) is 13.0. The van der Waals surface area contributed by atoms with Crippen LogP contribution in [-0.2, 0) is 16.2 Å². The van der Waals surface area contributed by atoms with Gasteiger partial charge in [-0.3, -0.25) is 4.79 Å².